The first-order valence-corrected chi connectivity index (χ1v) is 8.93. The highest BCUT2D eigenvalue weighted by molar-refractivity contribution is 5.80. The largest absolute Gasteiger partial charge is 0.497 e. The highest BCUT2D eigenvalue weighted by Crippen LogP contribution is 2.17. The van der Waals surface area contributed by atoms with Crippen molar-refractivity contribution in [1.82, 2.24) is 15.5 Å². The summed E-state index contributed by atoms with van der Waals surface area (Å²) >= 11 is 0. The minimum atomic E-state index is -0.149. The van der Waals surface area contributed by atoms with Crippen molar-refractivity contribution in [2.24, 2.45) is 11.8 Å². The molecule has 0 aromatic heterocycles. The van der Waals surface area contributed by atoms with Crippen LogP contribution in [0.2, 0.25) is 0 Å². The minimum absolute atomic E-state index is 0.00387. The van der Waals surface area contributed by atoms with Crippen LogP contribution in [-0.2, 0) is 11.3 Å². The molecule has 1 aliphatic rings. The highest BCUT2D eigenvalue weighted by atomic mass is 16.5. The van der Waals surface area contributed by atoms with Crippen LogP contribution >= 0.6 is 0 Å². The standard InChI is InChI=1S/C19H29N3O3/c1-14(2)11-21-19(24)22-9-5-7-16(13-22)18(23)20-12-15-6-4-8-17(10-15)25-3/h4,6,8,10,14,16H,5,7,9,11-13H2,1-3H3,(H,20,23)(H,21,24)/t16-/m1/s1. The van der Waals surface area contributed by atoms with E-state index in [1.165, 1.54) is 0 Å². The van der Waals surface area contributed by atoms with Crippen LogP contribution in [0.5, 0.6) is 5.75 Å². The fourth-order valence-corrected chi connectivity index (χ4v) is 2.89. The molecule has 1 aliphatic heterocycles. The lowest BCUT2D eigenvalue weighted by atomic mass is 9.97. The lowest BCUT2D eigenvalue weighted by molar-refractivity contribution is -0.126. The van der Waals surface area contributed by atoms with Gasteiger partial charge < -0.3 is 20.3 Å². The molecule has 0 saturated carbocycles. The van der Waals surface area contributed by atoms with Crippen molar-refractivity contribution in [1.29, 1.82) is 0 Å². The Morgan fingerprint density at radius 3 is 2.84 bits per heavy atom. The van der Waals surface area contributed by atoms with Crippen LogP contribution in [0.4, 0.5) is 4.79 Å². The number of ether oxygens (including phenoxy) is 1. The van der Waals surface area contributed by atoms with Gasteiger partial charge in [0, 0.05) is 26.2 Å². The maximum atomic E-state index is 12.5. The molecular weight excluding hydrogens is 318 g/mol. The fourth-order valence-electron chi connectivity index (χ4n) is 2.89. The molecule has 1 atom stereocenters. The summed E-state index contributed by atoms with van der Waals surface area (Å²) in [4.78, 5) is 26.4. The molecule has 2 N–H and O–H groups in total. The predicted molar refractivity (Wildman–Crippen MR) is 97.4 cm³/mol. The topological polar surface area (TPSA) is 70.7 Å². The molecule has 1 aromatic carbocycles. The molecule has 138 valence electrons. The van der Waals surface area contributed by atoms with Gasteiger partial charge in [0.15, 0.2) is 0 Å². The SMILES string of the molecule is COc1cccc(CNC(=O)[C@@H]2CCCN(C(=O)NCC(C)C)C2)c1. The molecule has 1 fully saturated rings. The van der Waals surface area contributed by atoms with Gasteiger partial charge in [0.05, 0.1) is 13.0 Å². The highest BCUT2D eigenvalue weighted by Gasteiger charge is 2.28. The first-order valence-electron chi connectivity index (χ1n) is 8.93. The summed E-state index contributed by atoms with van der Waals surface area (Å²) < 4.78 is 5.19. The van der Waals surface area contributed by atoms with Crippen LogP contribution in [0.15, 0.2) is 24.3 Å². The molecular formula is C19H29N3O3. The van der Waals surface area contributed by atoms with Crippen molar-refractivity contribution >= 4 is 11.9 Å². The van der Waals surface area contributed by atoms with Gasteiger partial charge in [-0.05, 0) is 36.5 Å². The van der Waals surface area contributed by atoms with E-state index in [1.54, 1.807) is 12.0 Å². The van der Waals surface area contributed by atoms with Crippen molar-refractivity contribution in [3.8, 4) is 5.75 Å². The van der Waals surface area contributed by atoms with Gasteiger partial charge in [-0.2, -0.15) is 0 Å². The number of hydrogen-bond acceptors (Lipinski definition) is 3. The van der Waals surface area contributed by atoms with Crippen LogP contribution in [0.1, 0.15) is 32.3 Å². The molecule has 0 bridgehead atoms. The monoisotopic (exact) mass is 347 g/mol. The first-order chi connectivity index (χ1) is 12.0. The number of piperidine rings is 1. The third-order valence-electron chi connectivity index (χ3n) is 4.34. The number of rotatable bonds is 6. The first kappa shape index (κ1) is 19.1. The lowest BCUT2D eigenvalue weighted by Crippen LogP contribution is -2.49. The maximum Gasteiger partial charge on any atom is 0.317 e. The number of likely N-dealkylation sites (tertiary alicyclic amines) is 1. The van der Waals surface area contributed by atoms with Crippen LogP contribution in [0.25, 0.3) is 0 Å². The number of nitrogens with one attached hydrogen (secondary N) is 2. The second-order valence-electron chi connectivity index (χ2n) is 6.93. The van der Waals surface area contributed by atoms with Gasteiger partial charge in [-0.15, -0.1) is 0 Å². The van der Waals surface area contributed by atoms with E-state index < -0.39 is 0 Å². The molecule has 3 amide bonds. The summed E-state index contributed by atoms with van der Waals surface area (Å²) in [6.07, 6.45) is 1.67. The molecule has 25 heavy (non-hydrogen) atoms. The van der Waals surface area contributed by atoms with Gasteiger partial charge in [-0.3, -0.25) is 4.79 Å². The Kier molecular flexibility index (Phi) is 7.10. The summed E-state index contributed by atoms with van der Waals surface area (Å²) in [6.45, 7) is 6.43. The molecule has 1 aromatic rings. The van der Waals surface area contributed by atoms with Crippen LogP contribution in [-0.4, -0.2) is 43.6 Å². The van der Waals surface area contributed by atoms with Crippen LogP contribution in [0, 0.1) is 11.8 Å². The summed E-state index contributed by atoms with van der Waals surface area (Å²) in [5.74, 6) is 1.04. The van der Waals surface area contributed by atoms with Gasteiger partial charge in [0.25, 0.3) is 0 Å². The Bertz CT molecular complexity index is 589. The van der Waals surface area contributed by atoms with Crippen molar-refractivity contribution in [3.05, 3.63) is 29.8 Å². The number of methoxy groups -OCH3 is 1. The van der Waals surface area contributed by atoms with Gasteiger partial charge in [-0.1, -0.05) is 26.0 Å². The van der Waals surface area contributed by atoms with Gasteiger partial charge >= 0.3 is 6.03 Å². The third kappa shape index (κ3) is 5.96. The van der Waals surface area contributed by atoms with E-state index in [0.717, 1.165) is 24.2 Å². The molecule has 6 nitrogen and oxygen atoms in total. The number of carbonyl (C=O) groups excluding carboxylic acids is 2. The van der Waals surface area contributed by atoms with Crippen molar-refractivity contribution < 1.29 is 14.3 Å². The zero-order valence-electron chi connectivity index (χ0n) is 15.4. The molecule has 1 saturated heterocycles. The van der Waals surface area contributed by atoms with Crippen molar-refractivity contribution in [2.75, 3.05) is 26.7 Å². The van der Waals surface area contributed by atoms with Gasteiger partial charge in [-0.25, -0.2) is 4.79 Å². The number of hydrogen-bond donors (Lipinski definition) is 2. The molecule has 1 heterocycles. The third-order valence-corrected chi connectivity index (χ3v) is 4.34. The smallest absolute Gasteiger partial charge is 0.317 e. The van der Waals surface area contributed by atoms with E-state index in [9.17, 15) is 9.59 Å². The number of urea groups is 1. The maximum absolute atomic E-state index is 12.5. The quantitative estimate of drug-likeness (QED) is 0.830. The van der Waals surface area contributed by atoms with E-state index in [0.29, 0.717) is 32.1 Å². The van der Waals surface area contributed by atoms with E-state index >= 15 is 0 Å². The summed E-state index contributed by atoms with van der Waals surface area (Å²) in [7, 11) is 1.62. The zero-order chi connectivity index (χ0) is 18.2. The number of benzene rings is 1. The second-order valence-corrected chi connectivity index (χ2v) is 6.93. The molecule has 0 spiro atoms. The predicted octanol–water partition coefficient (Wildman–Crippen LogP) is 2.39. The Hall–Kier alpha value is -2.24. The van der Waals surface area contributed by atoms with E-state index in [4.69, 9.17) is 4.74 Å². The van der Waals surface area contributed by atoms with Gasteiger partial charge in [0.2, 0.25) is 5.91 Å². The van der Waals surface area contributed by atoms with Crippen molar-refractivity contribution in [3.63, 3.8) is 0 Å². The molecule has 6 heteroatoms. The van der Waals surface area contributed by atoms with Gasteiger partial charge in [0.1, 0.15) is 5.75 Å². The minimum Gasteiger partial charge on any atom is -0.497 e. The average Bonchev–Trinajstić information content (AvgIpc) is 2.64. The number of amides is 3. The Labute approximate surface area is 149 Å². The van der Waals surface area contributed by atoms with Crippen molar-refractivity contribution in [2.45, 2.75) is 33.2 Å². The van der Waals surface area contributed by atoms with E-state index in [1.807, 2.05) is 24.3 Å². The summed E-state index contributed by atoms with van der Waals surface area (Å²) in [6, 6.07) is 7.57. The molecule has 0 radical (unpaired) electrons. The normalized spacial score (nSPS) is 17.3. The van der Waals surface area contributed by atoms with E-state index in [-0.39, 0.29) is 17.9 Å². The lowest BCUT2D eigenvalue weighted by Gasteiger charge is -2.32. The molecule has 0 unspecified atom stereocenters. The summed E-state index contributed by atoms with van der Waals surface area (Å²) in [5, 5.41) is 5.90. The number of nitrogens with zero attached hydrogens (tertiary/aromatic N) is 1. The Morgan fingerprint density at radius 1 is 1.32 bits per heavy atom. The Morgan fingerprint density at radius 2 is 2.12 bits per heavy atom. The molecule has 0 aliphatic carbocycles. The number of carbonyl (C=O) groups is 2. The molecule has 2 rings (SSSR count). The fraction of sp³-hybridized carbons (Fsp3) is 0.579. The van der Waals surface area contributed by atoms with E-state index in [2.05, 4.69) is 24.5 Å². The van der Waals surface area contributed by atoms with Crippen LogP contribution < -0.4 is 15.4 Å². The second kappa shape index (κ2) is 9.30. The average molecular weight is 347 g/mol. The zero-order valence-corrected chi connectivity index (χ0v) is 15.4. The van der Waals surface area contributed by atoms with Crippen LogP contribution in [0.3, 0.4) is 0 Å². The Balaban J connectivity index is 1.83. The summed E-state index contributed by atoms with van der Waals surface area (Å²) in [5.41, 5.74) is 0.995.